The Morgan fingerprint density at radius 3 is 2.58 bits per heavy atom. The maximum atomic E-state index is 13.6. The summed E-state index contributed by atoms with van der Waals surface area (Å²) in [6.07, 6.45) is -0.208. The molecule has 3 aliphatic rings. The van der Waals surface area contributed by atoms with E-state index in [1.165, 1.54) is 4.57 Å². The van der Waals surface area contributed by atoms with Crippen molar-refractivity contribution in [3.05, 3.63) is 70.3 Å². The first-order valence-electron chi connectivity index (χ1n) is 12.4. The van der Waals surface area contributed by atoms with Crippen molar-refractivity contribution in [2.45, 2.75) is 63.5 Å². The highest BCUT2D eigenvalue weighted by Crippen LogP contribution is 2.49. The first-order chi connectivity index (χ1) is 17.2. The van der Waals surface area contributed by atoms with E-state index in [0.29, 0.717) is 34.4 Å². The smallest absolute Gasteiger partial charge is 0.262 e. The van der Waals surface area contributed by atoms with Crippen LogP contribution in [0.15, 0.2) is 53.3 Å². The molecule has 3 N–H and O–H groups in total. The minimum atomic E-state index is -1.59. The van der Waals surface area contributed by atoms with Crippen LogP contribution in [0.25, 0.3) is 10.9 Å². The Morgan fingerprint density at radius 2 is 1.81 bits per heavy atom. The first-order valence-corrected chi connectivity index (χ1v) is 12.4. The van der Waals surface area contributed by atoms with Crippen molar-refractivity contribution < 1.29 is 14.7 Å². The molecule has 0 unspecified atom stereocenters. The molecule has 0 spiro atoms. The second kappa shape index (κ2) is 7.97. The summed E-state index contributed by atoms with van der Waals surface area (Å²) >= 11 is 0. The van der Waals surface area contributed by atoms with Gasteiger partial charge >= 0.3 is 0 Å². The largest absolute Gasteiger partial charge is 0.381 e. The van der Waals surface area contributed by atoms with Crippen molar-refractivity contribution in [2.24, 2.45) is 5.92 Å². The van der Waals surface area contributed by atoms with E-state index < -0.39 is 29.9 Å². The maximum absolute atomic E-state index is 13.6. The summed E-state index contributed by atoms with van der Waals surface area (Å²) in [5.41, 5.74) is -0.160. The number of fused-ring (bicyclic) bond motifs is 5. The van der Waals surface area contributed by atoms with Gasteiger partial charge in [-0.05, 0) is 37.5 Å². The molecule has 9 heteroatoms. The molecule has 6 rings (SSSR count). The number of aliphatic hydroxyl groups is 1. The summed E-state index contributed by atoms with van der Waals surface area (Å²) in [6, 6.07) is 12.4. The number of anilines is 1. The molecule has 3 aliphatic heterocycles. The van der Waals surface area contributed by atoms with Crippen molar-refractivity contribution in [2.75, 3.05) is 4.90 Å². The van der Waals surface area contributed by atoms with Gasteiger partial charge < -0.3 is 10.4 Å². The molecule has 2 aromatic carbocycles. The Bertz CT molecular complexity index is 1470. The zero-order valence-electron chi connectivity index (χ0n) is 20.4. The van der Waals surface area contributed by atoms with Crippen molar-refractivity contribution in [3.63, 3.8) is 0 Å². The molecular weight excluding hydrogens is 458 g/mol. The number of hydrogen-bond acceptors (Lipinski definition) is 6. The summed E-state index contributed by atoms with van der Waals surface area (Å²) in [7, 11) is 0. The molecule has 4 heterocycles. The summed E-state index contributed by atoms with van der Waals surface area (Å²) in [6.45, 7) is 5.88. The average molecular weight is 488 g/mol. The Kier molecular flexibility index (Phi) is 5.07. The lowest BCUT2D eigenvalue weighted by atomic mass is 9.85. The monoisotopic (exact) mass is 487 g/mol. The lowest BCUT2D eigenvalue weighted by Crippen LogP contribution is -2.54. The quantitative estimate of drug-likeness (QED) is 0.519. The van der Waals surface area contributed by atoms with Crippen molar-refractivity contribution in [1.29, 1.82) is 0 Å². The van der Waals surface area contributed by atoms with Crippen LogP contribution >= 0.6 is 0 Å². The molecule has 3 aromatic rings. The van der Waals surface area contributed by atoms with Gasteiger partial charge in [-0.1, -0.05) is 44.2 Å². The Labute approximate surface area is 208 Å². The predicted molar refractivity (Wildman–Crippen MR) is 134 cm³/mol. The third-order valence-corrected chi connectivity index (χ3v) is 7.64. The molecular formula is C27H29N5O4. The van der Waals surface area contributed by atoms with Gasteiger partial charge in [0.1, 0.15) is 23.6 Å². The highest BCUT2D eigenvalue weighted by atomic mass is 16.3. The van der Waals surface area contributed by atoms with Gasteiger partial charge in [0.05, 0.1) is 28.7 Å². The third-order valence-electron chi connectivity index (χ3n) is 7.64. The van der Waals surface area contributed by atoms with Gasteiger partial charge in [-0.25, -0.2) is 4.98 Å². The van der Waals surface area contributed by atoms with Gasteiger partial charge in [0.15, 0.2) is 0 Å². The number of hydrogen-bond donors (Lipinski definition) is 3. The summed E-state index contributed by atoms with van der Waals surface area (Å²) in [5, 5.41) is 19.0. The van der Waals surface area contributed by atoms with E-state index in [-0.39, 0.29) is 29.7 Å². The highest BCUT2D eigenvalue weighted by molar-refractivity contribution is 6.02. The fourth-order valence-electron chi connectivity index (χ4n) is 6.04. The molecule has 5 atom stereocenters. The van der Waals surface area contributed by atoms with E-state index >= 15 is 0 Å². The van der Waals surface area contributed by atoms with Gasteiger partial charge in [0.2, 0.25) is 11.8 Å². The molecule has 2 amide bonds. The van der Waals surface area contributed by atoms with Crippen molar-refractivity contribution in [1.82, 2.24) is 20.2 Å². The number of carbonyl (C=O) groups excluding carboxylic acids is 2. The molecule has 1 fully saturated rings. The Hall–Kier alpha value is -3.56. The minimum absolute atomic E-state index is 0.0919. The standard InChI is InChI=1S/C27H29N5O4/c1-14(2)12-19-25(35)32-20-11-7-5-9-17(20)27(36,26(32)30-19)13-21-23(33)28-15(3)22-29-18-10-6-4-8-16(18)24(34)31(21)22/h4-11,14-15,19,21,26,30,36H,12-13H2,1-3H3,(H,28,33)/t15-,19+,21+,26-,27+/m0/s1. The van der Waals surface area contributed by atoms with Gasteiger partial charge in [-0.15, -0.1) is 0 Å². The lowest BCUT2D eigenvalue weighted by Gasteiger charge is -2.37. The summed E-state index contributed by atoms with van der Waals surface area (Å²) < 4.78 is 1.43. The summed E-state index contributed by atoms with van der Waals surface area (Å²) in [4.78, 5) is 46.7. The van der Waals surface area contributed by atoms with Crippen LogP contribution < -0.4 is 21.1 Å². The minimum Gasteiger partial charge on any atom is -0.381 e. The Morgan fingerprint density at radius 1 is 1.08 bits per heavy atom. The number of nitrogens with zero attached hydrogens (tertiary/aromatic N) is 3. The van der Waals surface area contributed by atoms with E-state index in [1.807, 2.05) is 32.0 Å². The van der Waals surface area contributed by atoms with Crippen molar-refractivity contribution >= 4 is 28.4 Å². The normalized spacial score (nSPS) is 28.9. The first kappa shape index (κ1) is 22.9. The van der Waals surface area contributed by atoms with Crippen LogP contribution in [0, 0.1) is 5.92 Å². The number of amides is 2. The number of para-hydroxylation sites is 2. The number of rotatable bonds is 4. The molecule has 186 valence electrons. The molecule has 9 nitrogen and oxygen atoms in total. The molecule has 1 aromatic heterocycles. The molecule has 36 heavy (non-hydrogen) atoms. The van der Waals surface area contributed by atoms with E-state index in [2.05, 4.69) is 10.6 Å². The van der Waals surface area contributed by atoms with Gasteiger partial charge in [-0.2, -0.15) is 0 Å². The number of aromatic nitrogens is 2. The zero-order chi connectivity index (χ0) is 25.4. The molecule has 0 aliphatic carbocycles. The van der Waals surface area contributed by atoms with Crippen LogP contribution in [0.5, 0.6) is 0 Å². The van der Waals surface area contributed by atoms with Crippen molar-refractivity contribution in [3.8, 4) is 0 Å². The van der Waals surface area contributed by atoms with E-state index in [1.54, 1.807) is 42.2 Å². The molecule has 0 saturated carbocycles. The van der Waals surface area contributed by atoms with Crippen LogP contribution in [-0.4, -0.2) is 38.7 Å². The van der Waals surface area contributed by atoms with Crippen LogP contribution in [0.3, 0.4) is 0 Å². The number of benzene rings is 2. The summed E-state index contributed by atoms with van der Waals surface area (Å²) in [5.74, 6) is 0.277. The second-order valence-corrected chi connectivity index (χ2v) is 10.5. The van der Waals surface area contributed by atoms with Gasteiger partial charge in [-0.3, -0.25) is 29.2 Å². The lowest BCUT2D eigenvalue weighted by molar-refractivity contribution is -0.129. The third kappa shape index (κ3) is 3.16. The van der Waals surface area contributed by atoms with E-state index in [0.717, 1.165) is 0 Å². The molecule has 1 saturated heterocycles. The van der Waals surface area contributed by atoms with E-state index in [9.17, 15) is 19.5 Å². The SMILES string of the molecule is CC(C)C[C@H]1N[C@H]2N(C1=O)c1ccccc1[C@]2(O)C[C@@H]1C(=O)N[C@@H](C)c2nc3ccccc3c(=O)n21. The zero-order valence-corrected chi connectivity index (χ0v) is 20.4. The van der Waals surface area contributed by atoms with Gasteiger partial charge in [0, 0.05) is 12.0 Å². The average Bonchev–Trinajstić information content (AvgIpc) is 3.29. The number of carbonyl (C=O) groups is 2. The van der Waals surface area contributed by atoms with Crippen LogP contribution in [0.4, 0.5) is 5.69 Å². The predicted octanol–water partition coefficient (Wildman–Crippen LogP) is 2.10. The number of nitrogens with one attached hydrogen (secondary N) is 2. The van der Waals surface area contributed by atoms with Crippen LogP contribution in [0.2, 0.25) is 0 Å². The van der Waals surface area contributed by atoms with Crippen LogP contribution in [0.1, 0.15) is 57.1 Å². The Balaban J connectivity index is 1.48. The molecule has 0 bridgehead atoms. The van der Waals surface area contributed by atoms with E-state index in [4.69, 9.17) is 4.98 Å². The topological polar surface area (TPSA) is 117 Å². The highest BCUT2D eigenvalue weighted by Gasteiger charge is 2.59. The second-order valence-electron chi connectivity index (χ2n) is 10.5. The fraction of sp³-hybridized carbons (Fsp3) is 0.407. The van der Waals surface area contributed by atoms with Gasteiger partial charge in [0.25, 0.3) is 5.56 Å². The fourth-order valence-corrected chi connectivity index (χ4v) is 6.04. The maximum Gasteiger partial charge on any atom is 0.262 e. The molecule has 0 radical (unpaired) electrons. The van der Waals surface area contributed by atoms with Crippen LogP contribution in [-0.2, 0) is 15.2 Å².